The van der Waals surface area contributed by atoms with Gasteiger partial charge >= 0.3 is 0 Å². The molecule has 0 spiro atoms. The van der Waals surface area contributed by atoms with Crippen molar-refractivity contribution in [2.45, 2.75) is 64.6 Å². The van der Waals surface area contributed by atoms with Crippen LogP contribution in [-0.4, -0.2) is 29.8 Å². The third-order valence-corrected chi connectivity index (χ3v) is 4.50. The van der Waals surface area contributed by atoms with Crippen LogP contribution in [0.3, 0.4) is 0 Å². The van der Waals surface area contributed by atoms with Gasteiger partial charge in [-0.1, -0.05) is 32.8 Å². The van der Waals surface area contributed by atoms with E-state index in [1.165, 1.54) is 17.7 Å². The van der Waals surface area contributed by atoms with Crippen molar-refractivity contribution in [2.75, 3.05) is 6.54 Å². The first-order valence-corrected chi connectivity index (χ1v) is 8.56. The van der Waals surface area contributed by atoms with Crippen LogP contribution in [0.4, 0.5) is 0 Å². The molecule has 0 amide bonds. The van der Waals surface area contributed by atoms with Crippen LogP contribution >= 0.6 is 36.2 Å². The van der Waals surface area contributed by atoms with E-state index in [1.54, 1.807) is 11.3 Å². The van der Waals surface area contributed by atoms with Crippen LogP contribution in [0.15, 0.2) is 17.5 Å². The largest absolute Gasteiger partial charge is 0.390 e. The molecule has 1 rings (SSSR count). The zero-order valence-corrected chi connectivity index (χ0v) is 16.3. The SMILES string of the molecule is CC(C)CCCC(C)NC[C@@H](O)[C@@H](N)Cc1cccs1.Cl.Cl. The summed E-state index contributed by atoms with van der Waals surface area (Å²) in [7, 11) is 0. The maximum absolute atomic E-state index is 10.1. The minimum atomic E-state index is -0.482. The van der Waals surface area contributed by atoms with Gasteiger partial charge in [0.05, 0.1) is 6.10 Å². The van der Waals surface area contributed by atoms with Gasteiger partial charge in [0.1, 0.15) is 0 Å². The van der Waals surface area contributed by atoms with Gasteiger partial charge in [-0.2, -0.15) is 0 Å². The summed E-state index contributed by atoms with van der Waals surface area (Å²) in [6, 6.07) is 4.34. The molecule has 22 heavy (non-hydrogen) atoms. The van der Waals surface area contributed by atoms with Gasteiger partial charge in [0.15, 0.2) is 0 Å². The highest BCUT2D eigenvalue weighted by atomic mass is 35.5. The first kappa shape index (κ1) is 24.4. The molecule has 0 radical (unpaired) electrons. The minimum Gasteiger partial charge on any atom is -0.390 e. The Kier molecular flexibility index (Phi) is 15.1. The lowest BCUT2D eigenvalue weighted by Gasteiger charge is -2.21. The Morgan fingerprint density at radius 1 is 1.23 bits per heavy atom. The van der Waals surface area contributed by atoms with Crippen molar-refractivity contribution in [1.29, 1.82) is 0 Å². The molecule has 1 aromatic rings. The molecule has 0 fully saturated rings. The summed E-state index contributed by atoms with van der Waals surface area (Å²) < 4.78 is 0. The molecule has 1 aromatic heterocycles. The Labute approximate surface area is 151 Å². The summed E-state index contributed by atoms with van der Waals surface area (Å²) in [5.74, 6) is 0.770. The van der Waals surface area contributed by atoms with Crippen LogP contribution in [0.1, 0.15) is 44.9 Å². The number of halogens is 2. The summed E-state index contributed by atoms with van der Waals surface area (Å²) in [5.41, 5.74) is 6.05. The van der Waals surface area contributed by atoms with Gasteiger partial charge in [0.2, 0.25) is 0 Å². The highest BCUT2D eigenvalue weighted by Gasteiger charge is 2.16. The zero-order valence-electron chi connectivity index (χ0n) is 13.8. The summed E-state index contributed by atoms with van der Waals surface area (Å²) >= 11 is 1.70. The van der Waals surface area contributed by atoms with E-state index in [4.69, 9.17) is 5.73 Å². The van der Waals surface area contributed by atoms with Crippen LogP contribution in [0.2, 0.25) is 0 Å². The Morgan fingerprint density at radius 3 is 2.45 bits per heavy atom. The summed E-state index contributed by atoms with van der Waals surface area (Å²) in [4.78, 5) is 1.24. The second kappa shape index (κ2) is 13.6. The maximum Gasteiger partial charge on any atom is 0.0818 e. The Morgan fingerprint density at radius 2 is 1.91 bits per heavy atom. The molecular formula is C16H32Cl2N2OS. The number of thiophene rings is 1. The molecule has 6 heteroatoms. The minimum absolute atomic E-state index is 0. The van der Waals surface area contributed by atoms with Crippen molar-refractivity contribution in [3.05, 3.63) is 22.4 Å². The van der Waals surface area contributed by atoms with Gasteiger partial charge in [0, 0.05) is 23.5 Å². The molecular weight excluding hydrogens is 339 g/mol. The number of hydrogen-bond acceptors (Lipinski definition) is 4. The van der Waals surface area contributed by atoms with Crippen LogP contribution < -0.4 is 11.1 Å². The molecule has 3 atom stereocenters. The molecule has 0 bridgehead atoms. The predicted molar refractivity (Wildman–Crippen MR) is 103 cm³/mol. The van der Waals surface area contributed by atoms with Gasteiger partial charge < -0.3 is 16.2 Å². The highest BCUT2D eigenvalue weighted by Crippen LogP contribution is 2.12. The summed E-state index contributed by atoms with van der Waals surface area (Å²) in [6.45, 7) is 7.27. The van der Waals surface area contributed by atoms with Crippen molar-refractivity contribution >= 4 is 36.2 Å². The number of nitrogens with one attached hydrogen (secondary N) is 1. The van der Waals surface area contributed by atoms with Crippen LogP contribution in [0.5, 0.6) is 0 Å². The van der Waals surface area contributed by atoms with Crippen LogP contribution in [-0.2, 0) is 6.42 Å². The monoisotopic (exact) mass is 370 g/mol. The van der Waals surface area contributed by atoms with E-state index in [9.17, 15) is 5.11 Å². The molecule has 0 aliphatic rings. The van der Waals surface area contributed by atoms with E-state index in [-0.39, 0.29) is 30.9 Å². The van der Waals surface area contributed by atoms with E-state index in [0.29, 0.717) is 12.6 Å². The summed E-state index contributed by atoms with van der Waals surface area (Å²) in [6.07, 6.45) is 3.94. The van der Waals surface area contributed by atoms with E-state index in [2.05, 4.69) is 32.2 Å². The van der Waals surface area contributed by atoms with E-state index in [1.807, 2.05) is 11.4 Å². The average molecular weight is 371 g/mol. The van der Waals surface area contributed by atoms with Crippen molar-refractivity contribution < 1.29 is 5.11 Å². The predicted octanol–water partition coefficient (Wildman–Crippen LogP) is 3.63. The molecule has 0 aliphatic heterocycles. The fraction of sp³-hybridized carbons (Fsp3) is 0.750. The third kappa shape index (κ3) is 10.8. The first-order valence-electron chi connectivity index (χ1n) is 7.68. The smallest absolute Gasteiger partial charge is 0.0818 e. The molecule has 4 N–H and O–H groups in total. The van der Waals surface area contributed by atoms with Crippen LogP contribution in [0, 0.1) is 5.92 Å². The summed E-state index contributed by atoms with van der Waals surface area (Å²) in [5, 5.41) is 15.5. The van der Waals surface area contributed by atoms with Crippen molar-refractivity contribution in [1.82, 2.24) is 5.32 Å². The molecule has 3 nitrogen and oxygen atoms in total. The Bertz CT molecular complexity index is 350. The van der Waals surface area contributed by atoms with Gasteiger partial charge in [-0.05, 0) is 37.1 Å². The fourth-order valence-corrected chi connectivity index (χ4v) is 2.98. The first-order chi connectivity index (χ1) is 9.49. The number of aliphatic hydroxyl groups excluding tert-OH is 1. The third-order valence-electron chi connectivity index (χ3n) is 3.61. The zero-order chi connectivity index (χ0) is 15.0. The lowest BCUT2D eigenvalue weighted by molar-refractivity contribution is 0.138. The average Bonchev–Trinajstić information content (AvgIpc) is 2.88. The van der Waals surface area contributed by atoms with Crippen LogP contribution in [0.25, 0.3) is 0 Å². The fourth-order valence-electron chi connectivity index (χ4n) is 2.20. The molecule has 1 unspecified atom stereocenters. The number of hydrogen-bond donors (Lipinski definition) is 3. The second-order valence-electron chi connectivity index (χ2n) is 6.15. The van der Waals surface area contributed by atoms with E-state index in [0.717, 1.165) is 18.8 Å². The van der Waals surface area contributed by atoms with Gasteiger partial charge in [-0.25, -0.2) is 0 Å². The molecule has 132 valence electrons. The highest BCUT2D eigenvalue weighted by molar-refractivity contribution is 7.09. The topological polar surface area (TPSA) is 58.3 Å². The quantitative estimate of drug-likeness (QED) is 0.589. The van der Waals surface area contributed by atoms with Gasteiger partial charge in [-0.3, -0.25) is 0 Å². The van der Waals surface area contributed by atoms with E-state index >= 15 is 0 Å². The van der Waals surface area contributed by atoms with Gasteiger partial charge in [-0.15, -0.1) is 36.2 Å². The van der Waals surface area contributed by atoms with Crippen molar-refractivity contribution in [3.63, 3.8) is 0 Å². The second-order valence-corrected chi connectivity index (χ2v) is 7.18. The Balaban J connectivity index is 0. The maximum atomic E-state index is 10.1. The number of nitrogens with two attached hydrogens (primary N) is 1. The Hall–Kier alpha value is 0.160. The molecule has 0 aliphatic carbocycles. The van der Waals surface area contributed by atoms with Crippen molar-refractivity contribution in [3.8, 4) is 0 Å². The molecule has 0 saturated heterocycles. The molecule has 0 aromatic carbocycles. The number of aliphatic hydroxyl groups is 1. The lowest BCUT2D eigenvalue weighted by atomic mass is 10.0. The van der Waals surface area contributed by atoms with Gasteiger partial charge in [0.25, 0.3) is 0 Å². The standard InChI is InChI=1S/C16H30N2OS.2ClH/c1-12(2)6-4-7-13(3)18-11-16(19)15(17)10-14-8-5-9-20-14;;/h5,8-9,12-13,15-16,18-19H,4,6-7,10-11,17H2,1-3H3;2*1H/t13?,15-,16+;;/m0../s1. The van der Waals surface area contributed by atoms with Crippen molar-refractivity contribution in [2.24, 2.45) is 11.7 Å². The molecule has 0 saturated carbocycles. The number of rotatable bonds is 10. The van der Waals surface area contributed by atoms with E-state index < -0.39 is 6.10 Å². The normalized spacial score (nSPS) is 14.8. The molecule has 1 heterocycles. The lowest BCUT2D eigenvalue weighted by Crippen LogP contribution is -2.45.